The molecule has 0 aromatic heterocycles. The Labute approximate surface area is 68.1 Å². The number of allylic oxidation sites excluding steroid dienone is 6. The van der Waals surface area contributed by atoms with E-state index < -0.39 is 0 Å². The van der Waals surface area contributed by atoms with Crippen LogP contribution < -0.4 is 0 Å². The number of hydrogen-bond acceptors (Lipinski definition) is 1. The number of rotatable bonds is 3. The third-order valence-corrected chi connectivity index (χ3v) is 1.44. The number of aliphatic hydroxyl groups excluding tert-OH is 1. The van der Waals surface area contributed by atoms with Gasteiger partial charge in [0.05, 0.1) is 5.76 Å². The molecule has 0 atom stereocenters. The molecule has 0 aliphatic carbocycles. The molecule has 1 nitrogen and oxygen atoms in total. The second-order valence-electron chi connectivity index (χ2n) is 2.15. The van der Waals surface area contributed by atoms with E-state index in [-0.39, 0.29) is 5.76 Å². The molecule has 0 heterocycles. The van der Waals surface area contributed by atoms with E-state index in [1.165, 1.54) is 0 Å². The van der Waals surface area contributed by atoms with Crippen LogP contribution >= 0.6 is 0 Å². The van der Waals surface area contributed by atoms with E-state index in [0.29, 0.717) is 0 Å². The molecule has 0 rings (SSSR count). The van der Waals surface area contributed by atoms with Crippen LogP contribution in [0.4, 0.5) is 0 Å². The maximum Gasteiger partial charge on any atom is 0.0969 e. The first-order valence-electron chi connectivity index (χ1n) is 3.48. The van der Waals surface area contributed by atoms with Gasteiger partial charge < -0.3 is 5.11 Å². The van der Waals surface area contributed by atoms with Crippen molar-refractivity contribution in [3.05, 3.63) is 48.3 Å². The summed E-state index contributed by atoms with van der Waals surface area (Å²) in [5, 5.41) is 9.16. The maximum atomic E-state index is 9.16. The highest BCUT2D eigenvalue weighted by Gasteiger charge is 1.98. The minimum atomic E-state index is 0.271. The SMILES string of the molecule is C=CC(=C/C)/C(C=C)=C(\C)O. The smallest absolute Gasteiger partial charge is 0.0969 e. The van der Waals surface area contributed by atoms with Crippen molar-refractivity contribution in [1.82, 2.24) is 0 Å². The van der Waals surface area contributed by atoms with Gasteiger partial charge in [-0.2, -0.15) is 0 Å². The molecule has 0 saturated heterocycles. The third kappa shape index (κ3) is 2.46. The van der Waals surface area contributed by atoms with Gasteiger partial charge in [-0.25, -0.2) is 0 Å². The molecule has 0 spiro atoms. The minimum absolute atomic E-state index is 0.271. The van der Waals surface area contributed by atoms with Crippen molar-refractivity contribution in [2.24, 2.45) is 0 Å². The molecule has 0 aromatic rings. The van der Waals surface area contributed by atoms with Gasteiger partial charge in [0.1, 0.15) is 0 Å². The lowest BCUT2D eigenvalue weighted by Crippen LogP contribution is -1.86. The molecule has 1 N–H and O–H groups in total. The molecule has 0 unspecified atom stereocenters. The molecular formula is C10H14O. The van der Waals surface area contributed by atoms with Crippen molar-refractivity contribution in [1.29, 1.82) is 0 Å². The lowest BCUT2D eigenvalue weighted by Gasteiger charge is -2.02. The summed E-state index contributed by atoms with van der Waals surface area (Å²) in [6.07, 6.45) is 5.19. The van der Waals surface area contributed by atoms with Crippen LogP contribution in [0.3, 0.4) is 0 Å². The lowest BCUT2D eigenvalue weighted by molar-refractivity contribution is 0.410. The Balaban J connectivity index is 4.94. The van der Waals surface area contributed by atoms with E-state index in [1.807, 2.05) is 13.0 Å². The standard InChI is InChI=1S/C10H14O/c1-5-9(6-2)10(7-3)8(4)11/h5-7,11H,1,3H2,2,4H3/b9-6-,10-8+. The molecule has 0 aliphatic rings. The summed E-state index contributed by atoms with van der Waals surface area (Å²) in [7, 11) is 0. The van der Waals surface area contributed by atoms with Gasteiger partial charge in [-0.1, -0.05) is 31.4 Å². The predicted octanol–water partition coefficient (Wildman–Crippen LogP) is 3.14. The van der Waals surface area contributed by atoms with Crippen molar-refractivity contribution in [2.75, 3.05) is 0 Å². The Kier molecular flexibility index (Phi) is 4.04. The second kappa shape index (κ2) is 4.56. The Morgan fingerprint density at radius 2 is 1.82 bits per heavy atom. The van der Waals surface area contributed by atoms with Gasteiger partial charge in [-0.05, 0) is 19.4 Å². The highest BCUT2D eigenvalue weighted by atomic mass is 16.3. The fourth-order valence-corrected chi connectivity index (χ4v) is 0.858. The van der Waals surface area contributed by atoms with Gasteiger partial charge >= 0.3 is 0 Å². The molecule has 0 radical (unpaired) electrons. The van der Waals surface area contributed by atoms with E-state index in [4.69, 9.17) is 5.11 Å². The first kappa shape index (κ1) is 9.76. The molecule has 1 heteroatoms. The van der Waals surface area contributed by atoms with Crippen molar-refractivity contribution in [2.45, 2.75) is 13.8 Å². The molecule has 0 amide bonds. The van der Waals surface area contributed by atoms with E-state index in [9.17, 15) is 0 Å². The predicted molar refractivity (Wildman–Crippen MR) is 49.5 cm³/mol. The molecule has 0 aromatic carbocycles. The summed E-state index contributed by atoms with van der Waals surface area (Å²) >= 11 is 0. The Bertz CT molecular complexity index is 215. The quantitative estimate of drug-likeness (QED) is 0.484. The van der Waals surface area contributed by atoms with Crippen LogP contribution in [-0.4, -0.2) is 5.11 Å². The van der Waals surface area contributed by atoms with Crippen LogP contribution in [0.1, 0.15) is 13.8 Å². The number of hydrogen-bond donors (Lipinski definition) is 1. The normalized spacial score (nSPS) is 13.8. The monoisotopic (exact) mass is 150 g/mol. The van der Waals surface area contributed by atoms with Gasteiger partial charge in [0.15, 0.2) is 0 Å². The molecule has 0 bridgehead atoms. The zero-order valence-electron chi connectivity index (χ0n) is 7.09. The molecule has 0 fully saturated rings. The van der Waals surface area contributed by atoms with Crippen LogP contribution in [0.5, 0.6) is 0 Å². The summed E-state index contributed by atoms with van der Waals surface area (Å²) in [6, 6.07) is 0. The second-order valence-corrected chi connectivity index (χ2v) is 2.15. The molecule has 0 saturated carbocycles. The van der Waals surface area contributed by atoms with Gasteiger partial charge in [-0.3, -0.25) is 0 Å². The lowest BCUT2D eigenvalue weighted by atomic mass is 10.1. The zero-order chi connectivity index (χ0) is 8.85. The van der Waals surface area contributed by atoms with Crippen molar-refractivity contribution in [3.8, 4) is 0 Å². The van der Waals surface area contributed by atoms with Gasteiger partial charge in [0.25, 0.3) is 0 Å². The van der Waals surface area contributed by atoms with Crippen molar-refractivity contribution < 1.29 is 5.11 Å². The highest BCUT2D eigenvalue weighted by Crippen LogP contribution is 2.14. The van der Waals surface area contributed by atoms with Gasteiger partial charge in [-0.15, -0.1) is 0 Å². The zero-order valence-corrected chi connectivity index (χ0v) is 7.09. The summed E-state index contributed by atoms with van der Waals surface area (Å²) in [5.74, 6) is 0.271. The van der Waals surface area contributed by atoms with Crippen LogP contribution in [0, 0.1) is 0 Å². The first-order valence-corrected chi connectivity index (χ1v) is 3.48. The van der Waals surface area contributed by atoms with Crippen LogP contribution in [0.2, 0.25) is 0 Å². The van der Waals surface area contributed by atoms with Crippen LogP contribution in [0.15, 0.2) is 48.3 Å². The summed E-state index contributed by atoms with van der Waals surface area (Å²) in [6.45, 7) is 10.7. The maximum absolute atomic E-state index is 9.16. The average molecular weight is 150 g/mol. The van der Waals surface area contributed by atoms with Crippen molar-refractivity contribution in [3.63, 3.8) is 0 Å². The highest BCUT2D eigenvalue weighted by molar-refractivity contribution is 5.45. The average Bonchev–Trinajstić information content (AvgIpc) is 1.99. The van der Waals surface area contributed by atoms with Gasteiger partial charge in [0, 0.05) is 5.57 Å². The minimum Gasteiger partial charge on any atom is -0.512 e. The summed E-state index contributed by atoms with van der Waals surface area (Å²) in [5.41, 5.74) is 1.64. The Hall–Kier alpha value is -1.24. The Morgan fingerprint density at radius 3 is 1.91 bits per heavy atom. The van der Waals surface area contributed by atoms with Crippen LogP contribution in [0.25, 0.3) is 0 Å². The van der Waals surface area contributed by atoms with Crippen LogP contribution in [-0.2, 0) is 0 Å². The Morgan fingerprint density at radius 1 is 1.27 bits per heavy atom. The molecule has 11 heavy (non-hydrogen) atoms. The van der Waals surface area contributed by atoms with E-state index in [1.54, 1.807) is 19.1 Å². The number of aliphatic hydroxyl groups is 1. The van der Waals surface area contributed by atoms with E-state index in [2.05, 4.69) is 13.2 Å². The van der Waals surface area contributed by atoms with Gasteiger partial charge in [0.2, 0.25) is 0 Å². The first-order chi connectivity index (χ1) is 5.17. The fraction of sp³-hybridized carbons (Fsp3) is 0.200. The van der Waals surface area contributed by atoms with Crippen molar-refractivity contribution >= 4 is 0 Å². The van der Waals surface area contributed by atoms with E-state index in [0.717, 1.165) is 11.1 Å². The topological polar surface area (TPSA) is 20.2 Å². The van der Waals surface area contributed by atoms with E-state index >= 15 is 0 Å². The summed E-state index contributed by atoms with van der Waals surface area (Å²) in [4.78, 5) is 0. The summed E-state index contributed by atoms with van der Waals surface area (Å²) < 4.78 is 0. The third-order valence-electron chi connectivity index (χ3n) is 1.44. The fourth-order valence-electron chi connectivity index (χ4n) is 0.858. The molecule has 0 aliphatic heterocycles. The largest absolute Gasteiger partial charge is 0.512 e. The molecular weight excluding hydrogens is 136 g/mol. The molecule has 60 valence electrons.